The zero-order chi connectivity index (χ0) is 16.8. The van der Waals surface area contributed by atoms with E-state index in [1.165, 1.54) is 38.5 Å². The minimum atomic E-state index is -0.683. The number of carboxylic acid groups (broad SMARTS) is 2. The molecular formula is C18H37NO4. The standard InChI is InChI=1S/C18H34O4.H3N/c1-15(17(19)20)13-11-9-7-5-3-4-6-8-10-12-14-16(2)18(21)22;/h15-16H,3-14H2,1-2H3,(H,19,20)(H,21,22);1H3. The summed E-state index contributed by atoms with van der Waals surface area (Å²) < 4.78 is 0. The van der Waals surface area contributed by atoms with Crippen LogP contribution in [0.1, 0.15) is 90.9 Å². The molecule has 23 heavy (non-hydrogen) atoms. The number of rotatable bonds is 15. The quantitative estimate of drug-likeness (QED) is 0.354. The van der Waals surface area contributed by atoms with Crippen molar-refractivity contribution in [1.29, 1.82) is 0 Å². The minimum Gasteiger partial charge on any atom is -0.481 e. The molecule has 0 aliphatic rings. The van der Waals surface area contributed by atoms with Crippen LogP contribution in [0.25, 0.3) is 0 Å². The molecule has 0 amide bonds. The molecule has 0 aromatic carbocycles. The van der Waals surface area contributed by atoms with Crippen molar-refractivity contribution in [1.82, 2.24) is 6.15 Å². The largest absolute Gasteiger partial charge is 0.481 e. The maximum absolute atomic E-state index is 10.7. The molecule has 0 rings (SSSR count). The maximum atomic E-state index is 10.7. The van der Waals surface area contributed by atoms with Crippen LogP contribution in [0.5, 0.6) is 0 Å². The molecule has 0 aromatic rings. The lowest BCUT2D eigenvalue weighted by molar-refractivity contribution is -0.142. The summed E-state index contributed by atoms with van der Waals surface area (Å²) in [6.07, 6.45) is 13.4. The molecule has 0 saturated heterocycles. The number of aliphatic carboxylic acids is 2. The second-order valence-corrected chi connectivity index (χ2v) is 6.59. The Morgan fingerprint density at radius 1 is 0.609 bits per heavy atom. The highest BCUT2D eigenvalue weighted by Gasteiger charge is 2.10. The highest BCUT2D eigenvalue weighted by Crippen LogP contribution is 2.15. The zero-order valence-electron chi connectivity index (χ0n) is 15.1. The lowest BCUT2D eigenvalue weighted by atomic mass is 10.0. The molecule has 2 unspecified atom stereocenters. The second kappa shape index (κ2) is 15.8. The van der Waals surface area contributed by atoms with Crippen molar-refractivity contribution in [3.8, 4) is 0 Å². The van der Waals surface area contributed by atoms with Gasteiger partial charge in [0.25, 0.3) is 0 Å². The van der Waals surface area contributed by atoms with Gasteiger partial charge in [-0.1, -0.05) is 78.1 Å². The van der Waals surface area contributed by atoms with Crippen LogP contribution in [0.15, 0.2) is 0 Å². The van der Waals surface area contributed by atoms with Gasteiger partial charge in [0.1, 0.15) is 0 Å². The second-order valence-electron chi connectivity index (χ2n) is 6.59. The van der Waals surface area contributed by atoms with Crippen LogP contribution >= 0.6 is 0 Å². The summed E-state index contributed by atoms with van der Waals surface area (Å²) in [6.45, 7) is 3.55. The Bertz CT molecular complexity index is 277. The molecule has 0 spiro atoms. The van der Waals surface area contributed by atoms with Crippen LogP contribution in [0.2, 0.25) is 0 Å². The third-order valence-corrected chi connectivity index (χ3v) is 4.37. The van der Waals surface area contributed by atoms with Gasteiger partial charge in [-0.2, -0.15) is 0 Å². The van der Waals surface area contributed by atoms with Gasteiger partial charge in [-0.25, -0.2) is 0 Å². The summed E-state index contributed by atoms with van der Waals surface area (Å²) in [5.74, 6) is -1.77. The van der Waals surface area contributed by atoms with Crippen LogP contribution in [0, 0.1) is 11.8 Å². The average Bonchev–Trinajstić information content (AvgIpc) is 2.47. The monoisotopic (exact) mass is 331 g/mol. The molecule has 5 N–H and O–H groups in total. The lowest BCUT2D eigenvalue weighted by Gasteiger charge is -2.06. The van der Waals surface area contributed by atoms with Gasteiger partial charge in [0.2, 0.25) is 0 Å². The first-order chi connectivity index (χ1) is 10.4. The number of hydrogen-bond acceptors (Lipinski definition) is 3. The number of unbranched alkanes of at least 4 members (excludes halogenated alkanes) is 9. The van der Waals surface area contributed by atoms with Gasteiger partial charge in [0.15, 0.2) is 0 Å². The van der Waals surface area contributed by atoms with E-state index >= 15 is 0 Å². The first-order valence-electron chi connectivity index (χ1n) is 8.90. The Hall–Kier alpha value is -1.10. The molecule has 0 saturated carbocycles. The van der Waals surface area contributed by atoms with Crippen molar-refractivity contribution in [3.63, 3.8) is 0 Å². The van der Waals surface area contributed by atoms with Crippen molar-refractivity contribution in [2.75, 3.05) is 0 Å². The van der Waals surface area contributed by atoms with Crippen LogP contribution < -0.4 is 6.15 Å². The molecule has 0 radical (unpaired) electrons. The highest BCUT2D eigenvalue weighted by molar-refractivity contribution is 5.69. The molecule has 0 aliphatic heterocycles. The molecular weight excluding hydrogens is 294 g/mol. The maximum Gasteiger partial charge on any atom is 0.306 e. The van der Waals surface area contributed by atoms with Gasteiger partial charge in [-0.05, 0) is 12.8 Å². The summed E-state index contributed by atoms with van der Waals surface area (Å²) in [7, 11) is 0. The van der Waals surface area contributed by atoms with Crippen molar-refractivity contribution in [2.45, 2.75) is 90.9 Å². The lowest BCUT2D eigenvalue weighted by Crippen LogP contribution is -2.08. The summed E-state index contributed by atoms with van der Waals surface area (Å²) in [5, 5.41) is 17.5. The Morgan fingerprint density at radius 3 is 1.04 bits per heavy atom. The van der Waals surface area contributed by atoms with Crippen molar-refractivity contribution in [2.24, 2.45) is 11.8 Å². The van der Waals surface area contributed by atoms with E-state index in [1.807, 2.05) is 0 Å². The Kier molecular flexibility index (Phi) is 16.6. The molecule has 0 bridgehead atoms. The Morgan fingerprint density at radius 2 is 0.826 bits per heavy atom. The van der Waals surface area contributed by atoms with E-state index in [-0.39, 0.29) is 18.0 Å². The molecule has 5 nitrogen and oxygen atoms in total. The molecule has 5 heteroatoms. The van der Waals surface area contributed by atoms with Gasteiger partial charge >= 0.3 is 11.9 Å². The SMILES string of the molecule is CC(CCCCCCCCCCCCC(C)C(=O)O)C(=O)O.N. The molecule has 138 valence electrons. The van der Waals surface area contributed by atoms with E-state index in [9.17, 15) is 9.59 Å². The number of carbonyl (C=O) groups is 2. The third kappa shape index (κ3) is 15.6. The van der Waals surface area contributed by atoms with Crippen LogP contribution in [0.4, 0.5) is 0 Å². The number of hydrogen-bond donors (Lipinski definition) is 3. The van der Waals surface area contributed by atoms with Crippen LogP contribution in [-0.2, 0) is 9.59 Å². The highest BCUT2D eigenvalue weighted by atomic mass is 16.4. The molecule has 2 atom stereocenters. The van der Waals surface area contributed by atoms with E-state index in [1.54, 1.807) is 13.8 Å². The van der Waals surface area contributed by atoms with Crippen LogP contribution in [0.3, 0.4) is 0 Å². The van der Waals surface area contributed by atoms with E-state index in [2.05, 4.69) is 0 Å². The van der Waals surface area contributed by atoms with Crippen LogP contribution in [-0.4, -0.2) is 22.2 Å². The molecule has 0 heterocycles. The first kappa shape index (κ1) is 24.2. The topological polar surface area (TPSA) is 110 Å². The van der Waals surface area contributed by atoms with E-state index in [0.29, 0.717) is 0 Å². The fourth-order valence-corrected chi connectivity index (χ4v) is 2.56. The predicted octanol–water partition coefficient (Wildman–Crippen LogP) is 5.27. The van der Waals surface area contributed by atoms with Gasteiger partial charge < -0.3 is 16.4 Å². The molecule has 0 fully saturated rings. The van der Waals surface area contributed by atoms with Gasteiger partial charge in [0, 0.05) is 0 Å². The average molecular weight is 331 g/mol. The van der Waals surface area contributed by atoms with E-state index < -0.39 is 11.9 Å². The van der Waals surface area contributed by atoms with Crippen molar-refractivity contribution >= 4 is 11.9 Å². The summed E-state index contributed by atoms with van der Waals surface area (Å²) >= 11 is 0. The summed E-state index contributed by atoms with van der Waals surface area (Å²) in [6, 6.07) is 0. The predicted molar refractivity (Wildman–Crippen MR) is 94.0 cm³/mol. The minimum absolute atomic E-state index is 0. The summed E-state index contributed by atoms with van der Waals surface area (Å²) in [4.78, 5) is 21.3. The zero-order valence-corrected chi connectivity index (χ0v) is 15.1. The fourth-order valence-electron chi connectivity index (χ4n) is 2.56. The van der Waals surface area contributed by atoms with Gasteiger partial charge in [-0.15, -0.1) is 0 Å². The van der Waals surface area contributed by atoms with E-state index in [4.69, 9.17) is 10.2 Å². The van der Waals surface area contributed by atoms with E-state index in [0.717, 1.165) is 38.5 Å². The summed E-state index contributed by atoms with van der Waals surface area (Å²) in [5.41, 5.74) is 0. The molecule has 0 aliphatic carbocycles. The third-order valence-electron chi connectivity index (χ3n) is 4.37. The first-order valence-corrected chi connectivity index (χ1v) is 8.90. The smallest absolute Gasteiger partial charge is 0.306 e. The fraction of sp³-hybridized carbons (Fsp3) is 0.889. The Balaban J connectivity index is 0. The van der Waals surface area contributed by atoms with Gasteiger partial charge in [-0.3, -0.25) is 9.59 Å². The Labute approximate surface area is 141 Å². The van der Waals surface area contributed by atoms with Gasteiger partial charge in [0.05, 0.1) is 11.8 Å². The van der Waals surface area contributed by atoms with Crippen molar-refractivity contribution < 1.29 is 19.8 Å². The normalized spacial score (nSPS) is 13.1. The number of carboxylic acids is 2. The van der Waals surface area contributed by atoms with Crippen molar-refractivity contribution in [3.05, 3.63) is 0 Å². The molecule has 0 aromatic heterocycles.